The number of amides is 1. The van der Waals surface area contributed by atoms with Crippen molar-refractivity contribution in [2.45, 2.75) is 32.4 Å². The molecule has 1 amide bonds. The molecule has 0 fully saturated rings. The van der Waals surface area contributed by atoms with Crippen LogP contribution in [0.4, 0.5) is 4.39 Å². The molecule has 2 atom stereocenters. The summed E-state index contributed by atoms with van der Waals surface area (Å²) in [6, 6.07) is 3.47. The van der Waals surface area contributed by atoms with Gasteiger partial charge in [-0.05, 0) is 43.2 Å². The van der Waals surface area contributed by atoms with Crippen LogP contribution in [0.2, 0.25) is 0 Å². The van der Waals surface area contributed by atoms with Gasteiger partial charge in [-0.3, -0.25) is 4.79 Å². The summed E-state index contributed by atoms with van der Waals surface area (Å²) in [5.41, 5.74) is 0.231. The quantitative estimate of drug-likeness (QED) is 0.454. The summed E-state index contributed by atoms with van der Waals surface area (Å²) in [6.45, 7) is 6.77. The van der Waals surface area contributed by atoms with Crippen LogP contribution in [0.3, 0.4) is 0 Å². The summed E-state index contributed by atoms with van der Waals surface area (Å²) < 4.78 is 18.7. The lowest BCUT2D eigenvalue weighted by Gasteiger charge is -2.21. The molecule has 1 rings (SSSR count). The Morgan fingerprint density at radius 2 is 1.89 bits per heavy atom. The van der Waals surface area contributed by atoms with Crippen LogP contribution in [-0.4, -0.2) is 23.1 Å². The monoisotopic (exact) mass is 415 g/mol. The molecule has 0 spiro atoms. The molecular formula is C19H20Cl2FNO4. The Bertz CT molecular complexity index is 755. The molecule has 2 unspecified atom stereocenters. The average Bonchev–Trinajstić information content (AvgIpc) is 2.59. The Hall–Kier alpha value is -2.31. The van der Waals surface area contributed by atoms with Crippen molar-refractivity contribution < 1.29 is 23.8 Å². The van der Waals surface area contributed by atoms with Crippen molar-refractivity contribution in [1.29, 1.82) is 0 Å². The third-order valence-electron chi connectivity index (χ3n) is 3.42. The topological polar surface area (TPSA) is 75.6 Å². The largest absolute Gasteiger partial charge is 0.479 e. The highest BCUT2D eigenvalue weighted by molar-refractivity contribution is 6.31. The van der Waals surface area contributed by atoms with Crippen LogP contribution < -0.4 is 5.32 Å². The number of ether oxygens (including phenoxy) is 1. The molecule has 0 saturated carbocycles. The fraction of sp³-hybridized carbons (Fsp3) is 0.263. The first kappa shape index (κ1) is 22.7. The van der Waals surface area contributed by atoms with Crippen molar-refractivity contribution in [3.05, 3.63) is 70.2 Å². The number of nitrogens with one attached hydrogen (secondary N) is 1. The SMILES string of the molecule is C=C(Cl)/C=C\C(OC(CC)C(=O)NC(C(=O)O)c1ccc(F)cc1)=C(/C)Cl. The van der Waals surface area contributed by atoms with Crippen molar-refractivity contribution in [2.75, 3.05) is 0 Å². The van der Waals surface area contributed by atoms with Gasteiger partial charge >= 0.3 is 5.97 Å². The predicted octanol–water partition coefficient (Wildman–Crippen LogP) is 4.64. The molecule has 0 radical (unpaired) electrons. The Balaban J connectivity index is 2.98. The van der Waals surface area contributed by atoms with Crippen molar-refractivity contribution in [2.24, 2.45) is 0 Å². The average molecular weight is 416 g/mol. The molecule has 0 saturated heterocycles. The lowest BCUT2D eigenvalue weighted by atomic mass is 10.1. The van der Waals surface area contributed by atoms with Gasteiger partial charge in [0.25, 0.3) is 5.91 Å². The second-order valence-corrected chi connectivity index (χ2v) is 6.58. The number of benzene rings is 1. The van der Waals surface area contributed by atoms with Gasteiger partial charge < -0.3 is 15.2 Å². The highest BCUT2D eigenvalue weighted by Gasteiger charge is 2.27. The molecule has 0 aromatic heterocycles. The summed E-state index contributed by atoms with van der Waals surface area (Å²) in [7, 11) is 0. The fourth-order valence-electron chi connectivity index (χ4n) is 2.06. The summed E-state index contributed by atoms with van der Waals surface area (Å²) in [5.74, 6) is -2.24. The molecule has 0 heterocycles. The van der Waals surface area contributed by atoms with Crippen LogP contribution in [0.25, 0.3) is 0 Å². The highest BCUT2D eigenvalue weighted by atomic mass is 35.5. The van der Waals surface area contributed by atoms with Gasteiger partial charge in [-0.25, -0.2) is 9.18 Å². The van der Waals surface area contributed by atoms with Crippen LogP contribution in [0.1, 0.15) is 31.9 Å². The molecular weight excluding hydrogens is 396 g/mol. The molecule has 146 valence electrons. The second kappa shape index (κ2) is 10.7. The van der Waals surface area contributed by atoms with E-state index in [1.165, 1.54) is 24.3 Å². The molecule has 1 aromatic rings. The van der Waals surface area contributed by atoms with Gasteiger partial charge in [-0.1, -0.05) is 48.8 Å². The van der Waals surface area contributed by atoms with Crippen molar-refractivity contribution in [1.82, 2.24) is 5.32 Å². The maximum Gasteiger partial charge on any atom is 0.330 e. The predicted molar refractivity (Wildman–Crippen MR) is 103 cm³/mol. The van der Waals surface area contributed by atoms with Crippen molar-refractivity contribution in [3.63, 3.8) is 0 Å². The van der Waals surface area contributed by atoms with Gasteiger partial charge in [0, 0.05) is 5.03 Å². The van der Waals surface area contributed by atoms with Gasteiger partial charge in [0.05, 0.1) is 5.03 Å². The Morgan fingerprint density at radius 3 is 2.33 bits per heavy atom. The maximum atomic E-state index is 13.1. The number of carboxylic acid groups (broad SMARTS) is 1. The third kappa shape index (κ3) is 7.45. The van der Waals surface area contributed by atoms with Crippen LogP contribution >= 0.6 is 23.2 Å². The van der Waals surface area contributed by atoms with Gasteiger partial charge in [-0.2, -0.15) is 0 Å². The van der Waals surface area contributed by atoms with Crippen molar-refractivity contribution >= 4 is 35.1 Å². The Morgan fingerprint density at radius 1 is 1.30 bits per heavy atom. The smallest absolute Gasteiger partial charge is 0.330 e. The molecule has 0 aliphatic carbocycles. The van der Waals surface area contributed by atoms with Gasteiger partial charge in [0.15, 0.2) is 12.1 Å². The van der Waals surface area contributed by atoms with E-state index in [0.717, 1.165) is 12.1 Å². The van der Waals surface area contributed by atoms with E-state index in [1.54, 1.807) is 13.8 Å². The molecule has 5 nitrogen and oxygen atoms in total. The second-order valence-electron chi connectivity index (χ2n) is 5.52. The van der Waals surface area contributed by atoms with E-state index < -0.39 is 29.8 Å². The Kier molecular flexibility index (Phi) is 9.05. The molecule has 8 heteroatoms. The summed E-state index contributed by atoms with van der Waals surface area (Å²) in [5, 5.41) is 12.3. The number of carbonyl (C=O) groups is 2. The zero-order chi connectivity index (χ0) is 20.6. The zero-order valence-electron chi connectivity index (χ0n) is 14.8. The van der Waals surface area contributed by atoms with E-state index >= 15 is 0 Å². The van der Waals surface area contributed by atoms with Crippen LogP contribution in [0.5, 0.6) is 0 Å². The molecule has 1 aromatic carbocycles. The third-order valence-corrected chi connectivity index (χ3v) is 3.74. The first-order valence-corrected chi connectivity index (χ1v) is 8.75. The van der Waals surface area contributed by atoms with Crippen molar-refractivity contribution in [3.8, 4) is 0 Å². The minimum absolute atomic E-state index is 0.203. The number of rotatable bonds is 9. The molecule has 0 aliphatic rings. The lowest BCUT2D eigenvalue weighted by Crippen LogP contribution is -2.41. The molecule has 2 N–H and O–H groups in total. The van der Waals surface area contributed by atoms with E-state index in [9.17, 15) is 19.1 Å². The fourth-order valence-corrected chi connectivity index (χ4v) is 2.23. The summed E-state index contributed by atoms with van der Waals surface area (Å²) >= 11 is 11.6. The van der Waals surface area contributed by atoms with E-state index in [-0.39, 0.29) is 27.8 Å². The van der Waals surface area contributed by atoms with Crippen LogP contribution in [0, 0.1) is 5.82 Å². The molecule has 27 heavy (non-hydrogen) atoms. The minimum atomic E-state index is -1.35. The first-order valence-electron chi connectivity index (χ1n) is 7.99. The maximum absolute atomic E-state index is 13.1. The number of hydrogen-bond donors (Lipinski definition) is 2. The van der Waals surface area contributed by atoms with Crippen LogP contribution in [-0.2, 0) is 14.3 Å². The number of aliphatic carboxylic acids is 1. The molecule has 0 bridgehead atoms. The summed E-state index contributed by atoms with van der Waals surface area (Å²) in [4.78, 5) is 24.0. The number of carboxylic acids is 1. The van der Waals surface area contributed by atoms with Crippen LogP contribution in [0.15, 0.2) is 58.8 Å². The Labute approximate surface area is 167 Å². The summed E-state index contributed by atoms with van der Waals surface area (Å²) in [6.07, 6.45) is 2.17. The van der Waals surface area contributed by atoms with Gasteiger partial charge in [0.1, 0.15) is 11.6 Å². The minimum Gasteiger partial charge on any atom is -0.479 e. The number of halogens is 3. The van der Waals surface area contributed by atoms with E-state index in [4.69, 9.17) is 27.9 Å². The zero-order valence-corrected chi connectivity index (χ0v) is 16.4. The van der Waals surface area contributed by atoms with Gasteiger partial charge in [-0.15, -0.1) is 0 Å². The van der Waals surface area contributed by atoms with E-state index in [0.29, 0.717) is 0 Å². The standard InChI is InChI=1S/C19H20Cl2FNO4/c1-4-15(27-16(12(3)21)10-5-11(2)20)18(24)23-17(19(25)26)13-6-8-14(22)9-7-13/h5-10,15,17H,2,4H2,1,3H3,(H,23,24)(H,25,26)/b10-5-,16-12-. The number of allylic oxidation sites excluding steroid dienone is 4. The number of hydrogen-bond acceptors (Lipinski definition) is 3. The number of carbonyl (C=O) groups excluding carboxylic acids is 1. The van der Waals surface area contributed by atoms with E-state index in [2.05, 4.69) is 11.9 Å². The first-order chi connectivity index (χ1) is 12.6. The van der Waals surface area contributed by atoms with E-state index in [1.807, 2.05) is 0 Å². The molecule has 0 aliphatic heterocycles. The highest BCUT2D eigenvalue weighted by Crippen LogP contribution is 2.19. The lowest BCUT2D eigenvalue weighted by molar-refractivity contribution is -0.143. The van der Waals surface area contributed by atoms with Gasteiger partial charge in [0.2, 0.25) is 0 Å². The normalized spacial score (nSPS) is 14.3.